The summed E-state index contributed by atoms with van der Waals surface area (Å²) < 4.78 is 46.7. The average molecular weight is 368 g/mol. The topological polar surface area (TPSA) is 129 Å². The number of imidazole rings is 1. The predicted molar refractivity (Wildman–Crippen MR) is 82.7 cm³/mol. The summed E-state index contributed by atoms with van der Waals surface area (Å²) in [5.74, 6) is -0.321. The Hall–Kier alpha value is -2.92. The molecule has 8 nitrogen and oxygen atoms in total. The standard InChI is InChI=1S/C15H15F3N6O2/c16-15(17,18)25-11-4-2-1-3-9(11)12(20)13-23-14(26-24-13)10(19)5-8-6-21-7-22-8/h1-4,6-7,10,12H,5,19-20H2,(H,21,22)/t10-,12?/m0/s1. The third-order valence-corrected chi connectivity index (χ3v) is 3.53. The molecule has 1 unspecified atom stereocenters. The Balaban J connectivity index is 1.79. The van der Waals surface area contributed by atoms with Crippen LogP contribution in [0.5, 0.6) is 5.75 Å². The molecule has 0 radical (unpaired) electrons. The first kappa shape index (κ1) is 17.9. The molecular formula is C15H15F3N6O2. The molecule has 0 spiro atoms. The highest BCUT2D eigenvalue weighted by atomic mass is 19.4. The molecule has 3 rings (SSSR count). The minimum atomic E-state index is -4.84. The highest BCUT2D eigenvalue weighted by Gasteiger charge is 2.33. The number of halogens is 3. The number of nitrogens with one attached hydrogen (secondary N) is 1. The average Bonchev–Trinajstić information content (AvgIpc) is 3.24. The van der Waals surface area contributed by atoms with Crippen LogP contribution in [0.4, 0.5) is 13.2 Å². The molecule has 0 amide bonds. The van der Waals surface area contributed by atoms with E-state index in [9.17, 15) is 13.2 Å². The molecule has 26 heavy (non-hydrogen) atoms. The minimum absolute atomic E-state index is 0.00159. The van der Waals surface area contributed by atoms with Gasteiger partial charge in [0.15, 0.2) is 5.82 Å². The monoisotopic (exact) mass is 368 g/mol. The lowest BCUT2D eigenvalue weighted by Crippen LogP contribution is -2.21. The quantitative estimate of drug-likeness (QED) is 0.607. The molecule has 11 heteroatoms. The SMILES string of the molecule is NC(c1noc([C@@H](N)Cc2cnc[nH]2)n1)c1ccccc1OC(F)(F)F. The van der Waals surface area contributed by atoms with Crippen molar-refractivity contribution in [3.63, 3.8) is 0 Å². The van der Waals surface area contributed by atoms with Gasteiger partial charge in [-0.3, -0.25) is 0 Å². The van der Waals surface area contributed by atoms with E-state index < -0.39 is 24.2 Å². The minimum Gasteiger partial charge on any atom is -0.405 e. The summed E-state index contributed by atoms with van der Waals surface area (Å²) in [6.07, 6.45) is -1.36. The van der Waals surface area contributed by atoms with Crippen LogP contribution >= 0.6 is 0 Å². The Kier molecular flexibility index (Phi) is 4.91. The van der Waals surface area contributed by atoms with Crippen LogP contribution < -0.4 is 16.2 Å². The zero-order valence-electron chi connectivity index (χ0n) is 13.3. The summed E-state index contributed by atoms with van der Waals surface area (Å²) >= 11 is 0. The molecule has 2 atom stereocenters. The van der Waals surface area contributed by atoms with E-state index in [0.29, 0.717) is 6.42 Å². The molecule has 0 aliphatic carbocycles. The van der Waals surface area contributed by atoms with Crippen molar-refractivity contribution in [1.29, 1.82) is 0 Å². The van der Waals surface area contributed by atoms with Crippen molar-refractivity contribution < 1.29 is 22.4 Å². The van der Waals surface area contributed by atoms with Gasteiger partial charge in [0.25, 0.3) is 0 Å². The lowest BCUT2D eigenvalue weighted by Gasteiger charge is -2.15. The number of nitrogens with zero attached hydrogens (tertiary/aromatic N) is 3. The number of aromatic nitrogens is 4. The van der Waals surface area contributed by atoms with Gasteiger partial charge < -0.3 is 25.7 Å². The van der Waals surface area contributed by atoms with Gasteiger partial charge in [0.1, 0.15) is 5.75 Å². The van der Waals surface area contributed by atoms with Crippen LogP contribution in [0.25, 0.3) is 0 Å². The van der Waals surface area contributed by atoms with Crippen LogP contribution in [0.3, 0.4) is 0 Å². The molecule has 0 fully saturated rings. The number of ether oxygens (including phenoxy) is 1. The van der Waals surface area contributed by atoms with E-state index in [1.807, 2.05) is 0 Å². The van der Waals surface area contributed by atoms with Gasteiger partial charge in [-0.05, 0) is 6.07 Å². The highest BCUT2D eigenvalue weighted by molar-refractivity contribution is 5.38. The second-order valence-corrected chi connectivity index (χ2v) is 5.44. The molecule has 0 saturated heterocycles. The first-order valence-corrected chi connectivity index (χ1v) is 7.50. The Morgan fingerprint density at radius 3 is 2.69 bits per heavy atom. The van der Waals surface area contributed by atoms with E-state index in [1.165, 1.54) is 24.5 Å². The molecule has 5 N–H and O–H groups in total. The predicted octanol–water partition coefficient (Wildman–Crippen LogP) is 1.98. The number of nitrogens with two attached hydrogens (primary N) is 2. The van der Waals surface area contributed by atoms with Gasteiger partial charge >= 0.3 is 6.36 Å². The highest BCUT2D eigenvalue weighted by Crippen LogP contribution is 2.31. The summed E-state index contributed by atoms with van der Waals surface area (Å²) in [4.78, 5) is 10.9. The number of alkyl halides is 3. The van der Waals surface area contributed by atoms with E-state index in [0.717, 1.165) is 11.8 Å². The smallest absolute Gasteiger partial charge is 0.405 e. The Morgan fingerprint density at radius 1 is 1.23 bits per heavy atom. The zero-order chi connectivity index (χ0) is 18.7. The summed E-state index contributed by atoms with van der Waals surface area (Å²) in [7, 11) is 0. The van der Waals surface area contributed by atoms with Gasteiger partial charge in [-0.1, -0.05) is 23.4 Å². The molecule has 0 bridgehead atoms. The van der Waals surface area contributed by atoms with Crippen LogP contribution in [0.2, 0.25) is 0 Å². The van der Waals surface area contributed by atoms with Crippen LogP contribution in [-0.4, -0.2) is 26.5 Å². The van der Waals surface area contributed by atoms with Gasteiger partial charge in [0, 0.05) is 23.9 Å². The molecule has 138 valence electrons. The van der Waals surface area contributed by atoms with Crippen molar-refractivity contribution in [2.45, 2.75) is 24.9 Å². The molecule has 1 aromatic carbocycles. The summed E-state index contributed by atoms with van der Waals surface area (Å²) in [6.45, 7) is 0. The summed E-state index contributed by atoms with van der Waals surface area (Å²) in [6, 6.07) is 3.79. The van der Waals surface area contributed by atoms with Crippen LogP contribution in [0.15, 0.2) is 41.3 Å². The lowest BCUT2D eigenvalue weighted by atomic mass is 10.1. The van der Waals surface area contributed by atoms with Crippen LogP contribution in [0, 0.1) is 0 Å². The van der Waals surface area contributed by atoms with E-state index >= 15 is 0 Å². The number of rotatable bonds is 6. The Labute approximate surface area is 145 Å². The number of aromatic amines is 1. The van der Waals surface area contributed by atoms with Crippen molar-refractivity contribution in [3.05, 3.63) is 59.8 Å². The Bertz CT molecular complexity index is 849. The third kappa shape index (κ3) is 4.18. The zero-order valence-corrected chi connectivity index (χ0v) is 13.3. The van der Waals surface area contributed by atoms with E-state index in [-0.39, 0.29) is 17.3 Å². The molecule has 0 saturated carbocycles. The molecule has 0 aliphatic heterocycles. The summed E-state index contributed by atoms with van der Waals surface area (Å²) in [5.41, 5.74) is 12.8. The van der Waals surface area contributed by atoms with Crippen molar-refractivity contribution in [2.75, 3.05) is 0 Å². The van der Waals surface area contributed by atoms with Crippen molar-refractivity contribution in [3.8, 4) is 5.75 Å². The maximum atomic E-state index is 12.5. The molecule has 0 aliphatic rings. The second-order valence-electron chi connectivity index (χ2n) is 5.44. The fourth-order valence-electron chi connectivity index (χ4n) is 2.34. The van der Waals surface area contributed by atoms with Crippen molar-refractivity contribution in [2.24, 2.45) is 11.5 Å². The lowest BCUT2D eigenvalue weighted by molar-refractivity contribution is -0.274. The van der Waals surface area contributed by atoms with Gasteiger partial charge in [-0.25, -0.2) is 4.98 Å². The fourth-order valence-corrected chi connectivity index (χ4v) is 2.34. The maximum absolute atomic E-state index is 12.5. The largest absolute Gasteiger partial charge is 0.573 e. The van der Waals surface area contributed by atoms with Gasteiger partial charge in [-0.15, -0.1) is 13.2 Å². The third-order valence-electron chi connectivity index (χ3n) is 3.53. The number of benzene rings is 1. The summed E-state index contributed by atoms with van der Waals surface area (Å²) in [5, 5.41) is 3.73. The fraction of sp³-hybridized carbons (Fsp3) is 0.267. The van der Waals surface area contributed by atoms with Crippen LogP contribution in [-0.2, 0) is 6.42 Å². The van der Waals surface area contributed by atoms with Crippen LogP contribution in [0.1, 0.15) is 35.1 Å². The normalized spacial score (nSPS) is 14.2. The molecule has 2 aromatic heterocycles. The first-order valence-electron chi connectivity index (χ1n) is 7.50. The number of para-hydroxylation sites is 1. The second kappa shape index (κ2) is 7.14. The number of H-pyrrole nitrogens is 1. The van der Waals surface area contributed by atoms with Gasteiger partial charge in [-0.2, -0.15) is 4.98 Å². The molecular weight excluding hydrogens is 353 g/mol. The van der Waals surface area contributed by atoms with E-state index in [1.54, 1.807) is 6.20 Å². The van der Waals surface area contributed by atoms with Gasteiger partial charge in [0.2, 0.25) is 5.89 Å². The van der Waals surface area contributed by atoms with Gasteiger partial charge in [0.05, 0.1) is 18.4 Å². The maximum Gasteiger partial charge on any atom is 0.573 e. The molecule has 3 aromatic rings. The number of hydrogen-bond acceptors (Lipinski definition) is 7. The van der Waals surface area contributed by atoms with E-state index in [2.05, 4.69) is 24.8 Å². The molecule has 2 heterocycles. The Morgan fingerprint density at radius 2 is 2.00 bits per heavy atom. The van der Waals surface area contributed by atoms with Crippen molar-refractivity contribution in [1.82, 2.24) is 20.1 Å². The van der Waals surface area contributed by atoms with E-state index in [4.69, 9.17) is 16.0 Å². The van der Waals surface area contributed by atoms with Crippen molar-refractivity contribution >= 4 is 0 Å². The number of hydrogen-bond donors (Lipinski definition) is 3. The first-order chi connectivity index (χ1) is 12.3.